The number of halogens is 1. The summed E-state index contributed by atoms with van der Waals surface area (Å²) in [6, 6.07) is 8.48. The second-order valence-corrected chi connectivity index (χ2v) is 6.87. The van der Waals surface area contributed by atoms with Crippen LogP contribution < -0.4 is 4.74 Å². The van der Waals surface area contributed by atoms with E-state index in [9.17, 15) is 4.39 Å². The normalized spacial score (nSPS) is 17.0. The van der Waals surface area contributed by atoms with Gasteiger partial charge in [0.15, 0.2) is 0 Å². The van der Waals surface area contributed by atoms with Gasteiger partial charge in [-0.1, -0.05) is 6.08 Å². The van der Waals surface area contributed by atoms with Crippen molar-refractivity contribution in [2.75, 3.05) is 20.3 Å². The van der Waals surface area contributed by atoms with Gasteiger partial charge in [0.1, 0.15) is 17.2 Å². The standard InChI is InChI=1S/C22H23FN2O3/c1-27-21-7-4-15(23)12-18(21)17-8-9-24-22-19(17)13-20(25-22)14-2-5-16(6-3-14)28-11-10-26/h2,4,7-9,12-13,16,26H,3,5-6,10-11H2,1H3,(H,24,25). The molecule has 1 aliphatic rings. The molecule has 6 heteroatoms. The monoisotopic (exact) mass is 382 g/mol. The third-order valence-electron chi connectivity index (χ3n) is 5.14. The van der Waals surface area contributed by atoms with Crippen molar-refractivity contribution in [2.45, 2.75) is 25.4 Å². The Hall–Kier alpha value is -2.70. The Morgan fingerprint density at radius 2 is 2.14 bits per heavy atom. The summed E-state index contributed by atoms with van der Waals surface area (Å²) in [5.74, 6) is 0.317. The van der Waals surface area contributed by atoms with Gasteiger partial charge in [0.05, 0.1) is 26.4 Å². The van der Waals surface area contributed by atoms with Crippen molar-refractivity contribution >= 4 is 16.6 Å². The molecule has 28 heavy (non-hydrogen) atoms. The summed E-state index contributed by atoms with van der Waals surface area (Å²) in [6.07, 6.45) is 6.68. The van der Waals surface area contributed by atoms with Crippen molar-refractivity contribution in [1.82, 2.24) is 9.97 Å². The number of hydrogen-bond donors (Lipinski definition) is 2. The third-order valence-corrected chi connectivity index (χ3v) is 5.14. The Morgan fingerprint density at radius 3 is 2.89 bits per heavy atom. The highest BCUT2D eigenvalue weighted by molar-refractivity contribution is 5.96. The van der Waals surface area contributed by atoms with Crippen LogP contribution in [0.5, 0.6) is 5.75 Å². The minimum absolute atomic E-state index is 0.0487. The van der Waals surface area contributed by atoms with Crippen molar-refractivity contribution in [2.24, 2.45) is 0 Å². The van der Waals surface area contributed by atoms with Crippen LogP contribution >= 0.6 is 0 Å². The molecule has 2 N–H and O–H groups in total. The Kier molecular flexibility index (Phi) is 5.41. The van der Waals surface area contributed by atoms with E-state index in [-0.39, 0.29) is 18.5 Å². The van der Waals surface area contributed by atoms with Gasteiger partial charge in [-0.2, -0.15) is 0 Å². The number of aromatic nitrogens is 2. The fourth-order valence-corrected chi connectivity index (χ4v) is 3.75. The van der Waals surface area contributed by atoms with Crippen LogP contribution in [0.25, 0.3) is 27.7 Å². The number of H-pyrrole nitrogens is 1. The summed E-state index contributed by atoms with van der Waals surface area (Å²) >= 11 is 0. The lowest BCUT2D eigenvalue weighted by Crippen LogP contribution is -2.17. The van der Waals surface area contributed by atoms with Gasteiger partial charge in [0.2, 0.25) is 0 Å². The Bertz CT molecular complexity index is 1010. The molecule has 0 bridgehead atoms. The summed E-state index contributed by atoms with van der Waals surface area (Å²) in [6.45, 7) is 0.427. The molecular weight excluding hydrogens is 359 g/mol. The summed E-state index contributed by atoms with van der Waals surface area (Å²) < 4.78 is 24.9. The van der Waals surface area contributed by atoms with E-state index in [1.165, 1.54) is 17.7 Å². The number of aliphatic hydroxyl groups is 1. The van der Waals surface area contributed by atoms with E-state index in [2.05, 4.69) is 22.1 Å². The average Bonchev–Trinajstić information content (AvgIpc) is 3.17. The molecule has 0 saturated heterocycles. The number of nitrogens with zero attached hydrogens (tertiary/aromatic N) is 1. The van der Waals surface area contributed by atoms with Crippen molar-refractivity contribution < 1.29 is 19.0 Å². The van der Waals surface area contributed by atoms with Crippen molar-refractivity contribution in [3.05, 3.63) is 54.1 Å². The van der Waals surface area contributed by atoms with Crippen LogP contribution in [-0.4, -0.2) is 41.5 Å². The molecule has 1 atom stereocenters. The minimum atomic E-state index is -0.305. The molecule has 2 aromatic heterocycles. The molecule has 146 valence electrons. The largest absolute Gasteiger partial charge is 0.496 e. The first-order valence-electron chi connectivity index (χ1n) is 9.43. The molecule has 1 aliphatic carbocycles. The second kappa shape index (κ2) is 8.12. The summed E-state index contributed by atoms with van der Waals surface area (Å²) in [4.78, 5) is 7.84. The lowest BCUT2D eigenvalue weighted by molar-refractivity contribution is 0.0250. The number of ether oxygens (including phenoxy) is 2. The highest BCUT2D eigenvalue weighted by Gasteiger charge is 2.19. The van der Waals surface area contributed by atoms with Gasteiger partial charge in [0, 0.05) is 22.8 Å². The molecule has 4 rings (SSSR count). The maximum Gasteiger partial charge on any atom is 0.138 e. The van der Waals surface area contributed by atoms with Crippen LogP contribution in [0.4, 0.5) is 4.39 Å². The fourth-order valence-electron chi connectivity index (χ4n) is 3.75. The fraction of sp³-hybridized carbons (Fsp3) is 0.318. The van der Waals surface area contributed by atoms with Crippen LogP contribution in [0.1, 0.15) is 25.0 Å². The SMILES string of the molecule is COc1ccc(F)cc1-c1ccnc2[nH]c(C3=CCC(OCCO)CC3)cc12. The molecule has 0 amide bonds. The molecular formula is C22H23FN2O3. The molecule has 0 saturated carbocycles. The number of methoxy groups -OCH3 is 1. The zero-order valence-corrected chi connectivity index (χ0v) is 15.7. The molecule has 0 fully saturated rings. The molecule has 3 aromatic rings. The molecule has 0 aliphatic heterocycles. The number of benzene rings is 1. The number of allylic oxidation sites excluding steroid dienone is 1. The van der Waals surface area contributed by atoms with Crippen LogP contribution in [0.15, 0.2) is 42.6 Å². The number of pyridine rings is 1. The van der Waals surface area contributed by atoms with Gasteiger partial charge in [-0.05, 0) is 60.7 Å². The lowest BCUT2D eigenvalue weighted by atomic mass is 9.94. The highest BCUT2D eigenvalue weighted by Crippen LogP contribution is 2.37. The first kappa shape index (κ1) is 18.7. The van der Waals surface area contributed by atoms with Gasteiger partial charge in [-0.25, -0.2) is 9.37 Å². The number of hydrogen-bond acceptors (Lipinski definition) is 4. The summed E-state index contributed by atoms with van der Waals surface area (Å²) in [5.41, 5.74) is 4.59. The Balaban J connectivity index is 1.69. The van der Waals surface area contributed by atoms with Crippen molar-refractivity contribution in [1.29, 1.82) is 0 Å². The number of fused-ring (bicyclic) bond motifs is 1. The van der Waals surface area contributed by atoms with E-state index < -0.39 is 0 Å². The lowest BCUT2D eigenvalue weighted by Gasteiger charge is -2.21. The van der Waals surface area contributed by atoms with E-state index in [1.54, 1.807) is 19.4 Å². The zero-order valence-electron chi connectivity index (χ0n) is 15.7. The van der Waals surface area contributed by atoms with Crippen LogP contribution in [0.3, 0.4) is 0 Å². The van der Waals surface area contributed by atoms with Crippen LogP contribution in [-0.2, 0) is 4.74 Å². The summed E-state index contributed by atoms with van der Waals surface area (Å²) in [5, 5.41) is 9.83. The van der Waals surface area contributed by atoms with Gasteiger partial charge in [-0.15, -0.1) is 0 Å². The van der Waals surface area contributed by atoms with Gasteiger partial charge in [-0.3, -0.25) is 0 Å². The maximum atomic E-state index is 13.9. The molecule has 1 unspecified atom stereocenters. The van der Waals surface area contributed by atoms with Crippen molar-refractivity contribution in [3.63, 3.8) is 0 Å². The molecule has 5 nitrogen and oxygen atoms in total. The van der Waals surface area contributed by atoms with E-state index in [0.717, 1.165) is 41.6 Å². The van der Waals surface area contributed by atoms with E-state index in [1.807, 2.05) is 6.07 Å². The Labute approximate surface area is 162 Å². The number of aliphatic hydroxyl groups excluding tert-OH is 1. The summed E-state index contributed by atoms with van der Waals surface area (Å²) in [7, 11) is 1.58. The quantitative estimate of drug-likeness (QED) is 0.666. The number of aromatic amines is 1. The number of nitrogens with one attached hydrogen (secondary N) is 1. The predicted octanol–water partition coefficient (Wildman–Crippen LogP) is 4.32. The molecule has 1 aromatic carbocycles. The van der Waals surface area contributed by atoms with Gasteiger partial charge in [0.25, 0.3) is 0 Å². The average molecular weight is 382 g/mol. The zero-order chi connectivity index (χ0) is 19.5. The topological polar surface area (TPSA) is 67.4 Å². The smallest absolute Gasteiger partial charge is 0.138 e. The first-order chi connectivity index (χ1) is 13.7. The first-order valence-corrected chi connectivity index (χ1v) is 9.43. The second-order valence-electron chi connectivity index (χ2n) is 6.87. The molecule has 0 spiro atoms. The minimum Gasteiger partial charge on any atom is -0.496 e. The van der Waals surface area contributed by atoms with Crippen LogP contribution in [0, 0.1) is 5.82 Å². The third kappa shape index (κ3) is 3.66. The van der Waals surface area contributed by atoms with Gasteiger partial charge < -0.3 is 19.6 Å². The highest BCUT2D eigenvalue weighted by atomic mass is 19.1. The van der Waals surface area contributed by atoms with Crippen LogP contribution in [0.2, 0.25) is 0 Å². The number of rotatable bonds is 6. The van der Waals surface area contributed by atoms with E-state index in [0.29, 0.717) is 17.9 Å². The van der Waals surface area contributed by atoms with Crippen molar-refractivity contribution in [3.8, 4) is 16.9 Å². The maximum absolute atomic E-state index is 13.9. The van der Waals surface area contributed by atoms with E-state index in [4.69, 9.17) is 14.6 Å². The molecule has 0 radical (unpaired) electrons. The van der Waals surface area contributed by atoms with E-state index >= 15 is 0 Å². The predicted molar refractivity (Wildman–Crippen MR) is 107 cm³/mol. The molecule has 2 heterocycles. The Morgan fingerprint density at radius 1 is 1.25 bits per heavy atom. The van der Waals surface area contributed by atoms with Gasteiger partial charge >= 0.3 is 0 Å².